The molecule has 4 atom stereocenters. The summed E-state index contributed by atoms with van der Waals surface area (Å²) in [6.45, 7) is 0.683. The highest BCUT2D eigenvalue weighted by atomic mass is 35.5. The third kappa shape index (κ3) is 2.96. The lowest BCUT2D eigenvalue weighted by atomic mass is 9.77. The van der Waals surface area contributed by atoms with E-state index in [2.05, 4.69) is 28.8 Å². The molecule has 2 aliphatic rings. The molecule has 1 aromatic heterocycles. The molecular weight excluding hydrogens is 361 g/mol. The van der Waals surface area contributed by atoms with Crippen molar-refractivity contribution in [2.75, 3.05) is 13.7 Å². The number of piperidine rings is 1. The first-order valence-corrected chi connectivity index (χ1v) is 10.2. The highest BCUT2D eigenvalue weighted by Crippen LogP contribution is 2.47. The Morgan fingerprint density at radius 1 is 1.25 bits per heavy atom. The van der Waals surface area contributed by atoms with Gasteiger partial charge in [0.05, 0.1) is 11.6 Å². The van der Waals surface area contributed by atoms with Crippen molar-refractivity contribution in [3.63, 3.8) is 0 Å². The van der Waals surface area contributed by atoms with Crippen molar-refractivity contribution in [2.45, 2.75) is 37.3 Å². The molecule has 2 fully saturated rings. The zero-order valence-electron chi connectivity index (χ0n) is 13.6. The Morgan fingerprint density at radius 3 is 2.92 bits per heavy atom. The number of fused-ring (bicyclic) bond motifs is 2. The lowest BCUT2D eigenvalue weighted by Gasteiger charge is -2.42. The van der Waals surface area contributed by atoms with Crippen molar-refractivity contribution in [3.05, 3.63) is 50.6 Å². The molecule has 5 heteroatoms. The van der Waals surface area contributed by atoms with E-state index < -0.39 is 0 Å². The Balaban J connectivity index is 1.57. The van der Waals surface area contributed by atoms with Crippen LogP contribution in [0.5, 0.6) is 5.75 Å². The Labute approximate surface area is 157 Å². The summed E-state index contributed by atoms with van der Waals surface area (Å²) < 4.78 is 6.14. The summed E-state index contributed by atoms with van der Waals surface area (Å²) in [4.78, 5) is 2.57. The van der Waals surface area contributed by atoms with Gasteiger partial charge < -0.3 is 9.64 Å². The van der Waals surface area contributed by atoms with E-state index in [1.165, 1.54) is 24.8 Å². The maximum absolute atomic E-state index is 6.29. The second-order valence-corrected chi connectivity index (χ2v) is 8.45. The van der Waals surface area contributed by atoms with Crippen LogP contribution in [0.2, 0.25) is 10.0 Å². The van der Waals surface area contributed by atoms with Gasteiger partial charge in [-0.05, 0) is 66.8 Å². The summed E-state index contributed by atoms with van der Waals surface area (Å²) in [6.07, 6.45) is 3.79. The molecule has 2 aromatic rings. The monoisotopic (exact) mass is 381 g/mol. The van der Waals surface area contributed by atoms with Gasteiger partial charge >= 0.3 is 0 Å². The Morgan fingerprint density at radius 2 is 2.12 bits per heavy atom. The van der Waals surface area contributed by atoms with Gasteiger partial charge in [0.2, 0.25) is 0 Å². The highest BCUT2D eigenvalue weighted by molar-refractivity contribution is 7.08. The SMILES string of the molecule is CN1C2CCC1[C@@H](COc1cccc(Cl)c1Cl)[C@H](c1ccsc1)C2. The molecule has 2 bridgehead atoms. The average Bonchev–Trinajstić information content (AvgIpc) is 3.17. The molecule has 0 aliphatic carbocycles. The van der Waals surface area contributed by atoms with Gasteiger partial charge in [0, 0.05) is 18.0 Å². The van der Waals surface area contributed by atoms with Gasteiger partial charge in [0.15, 0.2) is 0 Å². The lowest BCUT2D eigenvalue weighted by Crippen LogP contribution is -2.47. The van der Waals surface area contributed by atoms with Crippen molar-refractivity contribution in [1.29, 1.82) is 0 Å². The van der Waals surface area contributed by atoms with Gasteiger partial charge in [0.1, 0.15) is 10.8 Å². The van der Waals surface area contributed by atoms with E-state index in [9.17, 15) is 0 Å². The maximum atomic E-state index is 6.29. The van der Waals surface area contributed by atoms with Crippen molar-refractivity contribution < 1.29 is 4.74 Å². The van der Waals surface area contributed by atoms with Crippen molar-refractivity contribution in [3.8, 4) is 5.75 Å². The maximum Gasteiger partial charge on any atom is 0.139 e. The van der Waals surface area contributed by atoms with Crippen LogP contribution in [-0.4, -0.2) is 30.6 Å². The molecule has 0 radical (unpaired) electrons. The smallest absolute Gasteiger partial charge is 0.139 e. The molecular formula is C19H21Cl2NOS. The number of hydrogen-bond acceptors (Lipinski definition) is 3. The topological polar surface area (TPSA) is 12.5 Å². The minimum absolute atomic E-state index is 0.485. The molecule has 2 unspecified atom stereocenters. The molecule has 2 aliphatic heterocycles. The second kappa shape index (κ2) is 6.87. The molecule has 128 valence electrons. The van der Waals surface area contributed by atoms with E-state index in [4.69, 9.17) is 27.9 Å². The van der Waals surface area contributed by atoms with Crippen molar-refractivity contribution in [2.24, 2.45) is 5.92 Å². The molecule has 4 rings (SSSR count). The Kier molecular flexibility index (Phi) is 4.79. The van der Waals surface area contributed by atoms with Gasteiger partial charge in [-0.1, -0.05) is 29.3 Å². The number of ether oxygens (including phenoxy) is 1. The van der Waals surface area contributed by atoms with Gasteiger partial charge in [-0.3, -0.25) is 0 Å². The molecule has 2 saturated heterocycles. The quantitative estimate of drug-likeness (QED) is 0.673. The van der Waals surface area contributed by atoms with Gasteiger partial charge in [-0.2, -0.15) is 11.3 Å². The highest BCUT2D eigenvalue weighted by Gasteiger charge is 2.46. The molecule has 2 nitrogen and oxygen atoms in total. The first kappa shape index (κ1) is 16.7. The van der Waals surface area contributed by atoms with E-state index in [1.807, 2.05) is 12.1 Å². The van der Waals surface area contributed by atoms with Crippen LogP contribution in [0.3, 0.4) is 0 Å². The van der Waals surface area contributed by atoms with Crippen LogP contribution in [0.1, 0.15) is 30.7 Å². The summed E-state index contributed by atoms with van der Waals surface area (Å²) in [5.74, 6) is 1.75. The third-order valence-electron chi connectivity index (χ3n) is 5.75. The van der Waals surface area contributed by atoms with Gasteiger partial charge in [0.25, 0.3) is 0 Å². The molecule has 3 heterocycles. The lowest BCUT2D eigenvalue weighted by molar-refractivity contribution is 0.0667. The normalized spacial score (nSPS) is 29.8. The Bertz CT molecular complexity index is 705. The van der Waals surface area contributed by atoms with Crippen LogP contribution < -0.4 is 4.74 Å². The molecule has 0 spiro atoms. The zero-order valence-corrected chi connectivity index (χ0v) is 15.9. The third-order valence-corrected chi connectivity index (χ3v) is 7.25. The standard InChI is InChI=1S/C19H21Cl2NOS/c1-22-13-5-6-17(22)15(14(9-13)12-7-8-24-11-12)10-23-18-4-2-3-16(20)19(18)21/h2-4,7-8,11,13-15,17H,5-6,9-10H2,1H3/t13?,14-,15-,17?/m0/s1. The van der Waals surface area contributed by atoms with Gasteiger partial charge in [-0.25, -0.2) is 0 Å². The summed E-state index contributed by atoms with van der Waals surface area (Å²) >= 11 is 14.2. The predicted molar refractivity (Wildman–Crippen MR) is 102 cm³/mol. The molecule has 0 saturated carbocycles. The van der Waals surface area contributed by atoms with E-state index in [0.29, 0.717) is 46.3 Å². The van der Waals surface area contributed by atoms with E-state index in [1.54, 1.807) is 17.4 Å². The fourth-order valence-corrected chi connectivity index (χ4v) is 5.53. The number of thiophene rings is 1. The van der Waals surface area contributed by atoms with Gasteiger partial charge in [-0.15, -0.1) is 0 Å². The molecule has 24 heavy (non-hydrogen) atoms. The summed E-state index contributed by atoms with van der Waals surface area (Å²) in [7, 11) is 2.27. The Hall–Kier alpha value is -0.740. The minimum atomic E-state index is 0.485. The fraction of sp³-hybridized carbons (Fsp3) is 0.474. The number of rotatable bonds is 4. The molecule has 0 N–H and O–H groups in total. The summed E-state index contributed by atoms with van der Waals surface area (Å²) in [5, 5.41) is 5.54. The van der Waals surface area contributed by atoms with Crippen LogP contribution in [0.25, 0.3) is 0 Å². The summed E-state index contributed by atoms with van der Waals surface area (Å²) in [5.41, 5.74) is 1.47. The number of hydrogen-bond donors (Lipinski definition) is 0. The first-order valence-electron chi connectivity index (χ1n) is 8.46. The summed E-state index contributed by atoms with van der Waals surface area (Å²) in [6, 6.07) is 9.16. The van der Waals surface area contributed by atoms with Crippen LogP contribution in [0.15, 0.2) is 35.0 Å². The van der Waals surface area contributed by atoms with E-state index in [0.717, 1.165) is 0 Å². The first-order chi connectivity index (χ1) is 11.6. The number of nitrogens with zero attached hydrogens (tertiary/aromatic N) is 1. The van der Waals surface area contributed by atoms with Crippen LogP contribution in [-0.2, 0) is 0 Å². The zero-order chi connectivity index (χ0) is 16.7. The second-order valence-electron chi connectivity index (χ2n) is 6.89. The molecule has 1 aromatic carbocycles. The van der Waals surface area contributed by atoms with E-state index in [-0.39, 0.29) is 0 Å². The number of benzene rings is 1. The number of halogens is 2. The van der Waals surface area contributed by atoms with Crippen LogP contribution in [0.4, 0.5) is 0 Å². The van der Waals surface area contributed by atoms with Crippen LogP contribution in [0, 0.1) is 5.92 Å². The largest absolute Gasteiger partial charge is 0.492 e. The van der Waals surface area contributed by atoms with Crippen molar-refractivity contribution >= 4 is 34.5 Å². The van der Waals surface area contributed by atoms with Crippen molar-refractivity contribution in [1.82, 2.24) is 4.90 Å². The predicted octanol–water partition coefficient (Wildman–Crippen LogP) is 5.70. The van der Waals surface area contributed by atoms with Crippen LogP contribution >= 0.6 is 34.5 Å². The fourth-order valence-electron chi connectivity index (χ4n) is 4.46. The minimum Gasteiger partial charge on any atom is -0.492 e. The van der Waals surface area contributed by atoms with E-state index >= 15 is 0 Å². The molecule has 0 amide bonds. The average molecular weight is 382 g/mol.